The summed E-state index contributed by atoms with van der Waals surface area (Å²) in [5, 5.41) is 14.2. The van der Waals surface area contributed by atoms with Crippen LogP contribution in [0.2, 0.25) is 0 Å². The van der Waals surface area contributed by atoms with Gasteiger partial charge in [-0.15, -0.1) is 21.5 Å². The number of rotatable bonds is 7. The number of anilines is 2. The summed E-state index contributed by atoms with van der Waals surface area (Å²) in [5.74, 6) is 1.70. The van der Waals surface area contributed by atoms with Crippen LogP contribution in [0.4, 0.5) is 10.8 Å². The summed E-state index contributed by atoms with van der Waals surface area (Å²) in [6.07, 6.45) is 3.55. The molecule has 8 nitrogen and oxygen atoms in total. The first kappa shape index (κ1) is 20.5. The van der Waals surface area contributed by atoms with Crippen LogP contribution in [0.1, 0.15) is 61.7 Å². The molecule has 1 aliphatic heterocycles. The smallest absolute Gasteiger partial charge is 0.223 e. The van der Waals surface area contributed by atoms with E-state index in [1.54, 1.807) is 17.5 Å². The molecule has 1 saturated heterocycles. The van der Waals surface area contributed by atoms with Crippen molar-refractivity contribution in [2.75, 3.05) is 18.4 Å². The van der Waals surface area contributed by atoms with Crippen molar-refractivity contribution in [3.8, 4) is 0 Å². The van der Waals surface area contributed by atoms with Crippen molar-refractivity contribution in [2.45, 2.75) is 51.9 Å². The zero-order valence-electron chi connectivity index (χ0n) is 17.5. The number of hydrogen-bond acceptors (Lipinski definition) is 8. The normalized spacial score (nSPS) is 16.4. The molecule has 0 bridgehead atoms. The fraction of sp³-hybridized carbons (Fsp3) is 0.476. The second-order valence-electron chi connectivity index (χ2n) is 7.90. The van der Waals surface area contributed by atoms with Gasteiger partial charge in [-0.25, -0.2) is 4.98 Å². The Morgan fingerprint density at radius 1 is 1.37 bits per heavy atom. The molecule has 1 fully saturated rings. The number of carbonyl (C=O) groups is 1. The Morgan fingerprint density at radius 2 is 2.23 bits per heavy atom. The molecule has 158 valence electrons. The fourth-order valence-corrected chi connectivity index (χ4v) is 4.13. The van der Waals surface area contributed by atoms with Crippen LogP contribution in [-0.2, 0) is 11.2 Å². The maximum absolute atomic E-state index is 12.7. The molecule has 0 radical (unpaired) electrons. The van der Waals surface area contributed by atoms with E-state index in [4.69, 9.17) is 9.40 Å². The molecule has 1 aliphatic rings. The number of likely N-dealkylation sites (tertiary alicyclic amines) is 1. The van der Waals surface area contributed by atoms with Gasteiger partial charge in [0.2, 0.25) is 17.7 Å². The first-order valence-corrected chi connectivity index (χ1v) is 11.1. The Balaban J connectivity index is 1.35. The van der Waals surface area contributed by atoms with Crippen LogP contribution >= 0.6 is 11.3 Å². The van der Waals surface area contributed by atoms with E-state index < -0.39 is 0 Å². The highest BCUT2D eigenvalue weighted by atomic mass is 32.1. The van der Waals surface area contributed by atoms with Gasteiger partial charge >= 0.3 is 0 Å². The summed E-state index contributed by atoms with van der Waals surface area (Å²) < 4.78 is 5.60. The van der Waals surface area contributed by atoms with Gasteiger partial charge in [0.25, 0.3) is 0 Å². The first-order valence-electron chi connectivity index (χ1n) is 10.2. The van der Waals surface area contributed by atoms with Gasteiger partial charge in [-0.1, -0.05) is 13.8 Å². The van der Waals surface area contributed by atoms with Crippen molar-refractivity contribution < 1.29 is 9.21 Å². The zero-order chi connectivity index (χ0) is 21.1. The van der Waals surface area contributed by atoms with Gasteiger partial charge in [-0.05, 0) is 25.5 Å². The number of nitrogens with one attached hydrogen (secondary N) is 1. The van der Waals surface area contributed by atoms with Gasteiger partial charge in [0, 0.05) is 66.4 Å². The van der Waals surface area contributed by atoms with Gasteiger partial charge in [0.1, 0.15) is 0 Å². The van der Waals surface area contributed by atoms with Crippen LogP contribution in [0.5, 0.6) is 0 Å². The summed E-state index contributed by atoms with van der Waals surface area (Å²) >= 11 is 1.56. The Kier molecular flexibility index (Phi) is 6.08. The van der Waals surface area contributed by atoms with Crippen LogP contribution < -0.4 is 5.32 Å². The number of aryl methyl sites for hydroxylation is 2. The Labute approximate surface area is 179 Å². The van der Waals surface area contributed by atoms with E-state index in [9.17, 15) is 4.79 Å². The summed E-state index contributed by atoms with van der Waals surface area (Å²) in [5.41, 5.74) is 2.95. The third-order valence-electron chi connectivity index (χ3n) is 5.15. The van der Waals surface area contributed by atoms with Crippen LogP contribution in [0.3, 0.4) is 0 Å². The zero-order valence-corrected chi connectivity index (χ0v) is 18.3. The third-order valence-corrected chi connectivity index (χ3v) is 5.83. The molecule has 1 atom stereocenters. The van der Waals surface area contributed by atoms with Crippen molar-refractivity contribution in [3.05, 3.63) is 46.9 Å². The number of thiazole rings is 1. The number of amides is 1. The molecular formula is C21H26N6O2S. The summed E-state index contributed by atoms with van der Waals surface area (Å²) in [6, 6.07) is 4.08. The van der Waals surface area contributed by atoms with E-state index in [-0.39, 0.29) is 17.7 Å². The van der Waals surface area contributed by atoms with Gasteiger partial charge in [-0.2, -0.15) is 0 Å². The Hall–Kier alpha value is -2.81. The highest BCUT2D eigenvalue weighted by Gasteiger charge is 2.28. The number of hydrogen-bond donors (Lipinski definition) is 1. The minimum absolute atomic E-state index is 0.121. The molecule has 0 aromatic carbocycles. The molecule has 1 N–H and O–H groups in total. The van der Waals surface area contributed by atoms with Crippen LogP contribution in [-0.4, -0.2) is 44.1 Å². The highest BCUT2D eigenvalue weighted by Crippen LogP contribution is 2.29. The second-order valence-corrected chi connectivity index (χ2v) is 8.79. The molecule has 3 aromatic heterocycles. The van der Waals surface area contributed by atoms with Crippen molar-refractivity contribution >= 4 is 28.1 Å². The first-order chi connectivity index (χ1) is 14.5. The van der Waals surface area contributed by atoms with Gasteiger partial charge in [0.05, 0.1) is 0 Å². The average Bonchev–Trinajstić information content (AvgIpc) is 3.46. The van der Waals surface area contributed by atoms with Crippen LogP contribution in [0.25, 0.3) is 0 Å². The lowest BCUT2D eigenvalue weighted by Crippen LogP contribution is -2.28. The summed E-state index contributed by atoms with van der Waals surface area (Å²) in [6.45, 7) is 7.43. The largest absolute Gasteiger partial charge is 0.425 e. The molecule has 1 amide bonds. The lowest BCUT2D eigenvalue weighted by atomic mass is 10.0. The topological polar surface area (TPSA) is 97.0 Å². The van der Waals surface area contributed by atoms with Crippen LogP contribution in [0.15, 0.2) is 28.1 Å². The molecule has 4 heterocycles. The molecule has 0 saturated carbocycles. The summed E-state index contributed by atoms with van der Waals surface area (Å²) in [4.78, 5) is 23.6. The maximum Gasteiger partial charge on any atom is 0.223 e. The fourth-order valence-electron chi connectivity index (χ4n) is 3.59. The minimum Gasteiger partial charge on any atom is -0.425 e. The van der Waals surface area contributed by atoms with E-state index in [0.717, 1.165) is 35.2 Å². The standard InChI is InChI=1S/C21H26N6O2S/c1-13(2)20-26-25-18(29-20)4-5-19(28)27-8-6-15(12-27)17-11-16(10-14(3)23-17)24-21-22-7-9-30-21/h7,9-11,13,15H,4-6,8,12H2,1-3H3,(H,22,23,24)/t15-/m1/s1. The Bertz CT molecular complexity index is 1000. The molecular weight excluding hydrogens is 400 g/mol. The molecule has 0 spiro atoms. The van der Waals surface area contributed by atoms with Gasteiger partial charge in [-0.3, -0.25) is 9.78 Å². The van der Waals surface area contributed by atoms with E-state index in [2.05, 4.69) is 26.6 Å². The highest BCUT2D eigenvalue weighted by molar-refractivity contribution is 7.13. The minimum atomic E-state index is 0.121. The molecule has 0 unspecified atom stereocenters. The SMILES string of the molecule is Cc1cc(Nc2nccs2)cc([C@@H]2CCN(C(=O)CCc3nnc(C(C)C)o3)C2)n1. The molecule has 0 aliphatic carbocycles. The number of aromatic nitrogens is 4. The van der Waals surface area contributed by atoms with E-state index in [0.29, 0.717) is 31.2 Å². The number of pyridine rings is 1. The molecule has 3 aromatic rings. The predicted molar refractivity (Wildman–Crippen MR) is 115 cm³/mol. The second kappa shape index (κ2) is 8.91. The Morgan fingerprint density at radius 3 is 2.97 bits per heavy atom. The third kappa shape index (κ3) is 4.84. The molecule has 4 rings (SSSR count). The lowest BCUT2D eigenvalue weighted by Gasteiger charge is -2.17. The number of carbonyl (C=O) groups excluding carboxylic acids is 1. The van der Waals surface area contributed by atoms with E-state index in [1.165, 1.54) is 0 Å². The molecule has 9 heteroatoms. The predicted octanol–water partition coefficient (Wildman–Crippen LogP) is 4.05. The van der Waals surface area contributed by atoms with E-state index in [1.807, 2.05) is 37.1 Å². The van der Waals surface area contributed by atoms with Crippen LogP contribution in [0, 0.1) is 6.92 Å². The maximum atomic E-state index is 12.7. The summed E-state index contributed by atoms with van der Waals surface area (Å²) in [7, 11) is 0. The van der Waals surface area contributed by atoms with Gasteiger partial charge in [0.15, 0.2) is 5.13 Å². The van der Waals surface area contributed by atoms with Crippen molar-refractivity contribution in [2.24, 2.45) is 0 Å². The lowest BCUT2D eigenvalue weighted by molar-refractivity contribution is -0.130. The van der Waals surface area contributed by atoms with Crippen molar-refractivity contribution in [1.82, 2.24) is 25.1 Å². The monoisotopic (exact) mass is 426 g/mol. The van der Waals surface area contributed by atoms with Crippen molar-refractivity contribution in [1.29, 1.82) is 0 Å². The van der Waals surface area contributed by atoms with E-state index >= 15 is 0 Å². The quantitative estimate of drug-likeness (QED) is 0.609. The molecule has 30 heavy (non-hydrogen) atoms. The number of nitrogens with zero attached hydrogens (tertiary/aromatic N) is 5. The van der Waals surface area contributed by atoms with Crippen molar-refractivity contribution in [3.63, 3.8) is 0 Å². The average molecular weight is 427 g/mol. The van der Waals surface area contributed by atoms with Gasteiger partial charge < -0.3 is 14.6 Å².